The van der Waals surface area contributed by atoms with Crippen LogP contribution in [0.1, 0.15) is 36.5 Å². The average molecular weight is 311 g/mol. The molecule has 0 N–H and O–H groups in total. The Bertz CT molecular complexity index is 486. The summed E-state index contributed by atoms with van der Waals surface area (Å²) in [4.78, 5) is 12.1. The van der Waals surface area contributed by atoms with Gasteiger partial charge in [-0.1, -0.05) is 15.9 Å². The van der Waals surface area contributed by atoms with Crippen molar-refractivity contribution in [3.05, 3.63) is 28.2 Å². The van der Waals surface area contributed by atoms with Crippen molar-refractivity contribution in [2.75, 3.05) is 0 Å². The van der Waals surface area contributed by atoms with Crippen LogP contribution in [0.25, 0.3) is 0 Å². The molecule has 1 fully saturated rings. The van der Waals surface area contributed by atoms with Gasteiger partial charge in [0.1, 0.15) is 11.9 Å². The second-order valence-corrected chi connectivity index (χ2v) is 5.90. The summed E-state index contributed by atoms with van der Waals surface area (Å²) in [5, 5.41) is 0. The van der Waals surface area contributed by atoms with Crippen molar-refractivity contribution in [3.63, 3.8) is 0 Å². The Labute approximate surface area is 115 Å². The van der Waals surface area contributed by atoms with Gasteiger partial charge in [0.25, 0.3) is 0 Å². The van der Waals surface area contributed by atoms with Gasteiger partial charge in [-0.25, -0.2) is 0 Å². The summed E-state index contributed by atoms with van der Waals surface area (Å²) in [6, 6.07) is 5.54. The average Bonchev–Trinajstić information content (AvgIpc) is 2.75. The molecule has 96 valence electrons. The van der Waals surface area contributed by atoms with E-state index in [0.717, 1.165) is 17.3 Å². The zero-order chi connectivity index (χ0) is 12.7. The van der Waals surface area contributed by atoms with E-state index in [4.69, 9.17) is 9.47 Å². The van der Waals surface area contributed by atoms with Crippen molar-refractivity contribution in [2.45, 2.75) is 44.5 Å². The standard InChI is InChI=1S/C14H15BrO3/c1-8-2-5-12(17-8)14-7-11(16)10-4-3-9(15)6-13(10)18-14/h3-4,6,8,12,14H,2,5,7H2,1H3. The molecular weight excluding hydrogens is 296 g/mol. The maximum absolute atomic E-state index is 12.1. The Morgan fingerprint density at radius 2 is 2.11 bits per heavy atom. The smallest absolute Gasteiger partial charge is 0.170 e. The molecule has 3 rings (SSSR count). The molecule has 3 unspecified atom stereocenters. The molecule has 0 amide bonds. The number of Topliss-reactive ketones (excluding diaryl/α,β-unsaturated/α-hetero) is 1. The van der Waals surface area contributed by atoms with Crippen LogP contribution in [-0.2, 0) is 4.74 Å². The number of fused-ring (bicyclic) bond motifs is 1. The van der Waals surface area contributed by atoms with Crippen LogP contribution in [0.2, 0.25) is 0 Å². The molecule has 4 heteroatoms. The van der Waals surface area contributed by atoms with E-state index in [9.17, 15) is 4.79 Å². The molecule has 2 aliphatic heterocycles. The summed E-state index contributed by atoms with van der Waals surface area (Å²) < 4.78 is 12.7. The predicted octanol–water partition coefficient (Wildman–Crippen LogP) is 3.35. The van der Waals surface area contributed by atoms with Gasteiger partial charge in [-0.2, -0.15) is 0 Å². The molecule has 18 heavy (non-hydrogen) atoms. The van der Waals surface area contributed by atoms with Crippen molar-refractivity contribution in [3.8, 4) is 5.75 Å². The third kappa shape index (κ3) is 2.19. The molecule has 0 bridgehead atoms. The highest BCUT2D eigenvalue weighted by Crippen LogP contribution is 2.34. The summed E-state index contributed by atoms with van der Waals surface area (Å²) >= 11 is 3.40. The molecule has 0 radical (unpaired) electrons. The summed E-state index contributed by atoms with van der Waals surface area (Å²) in [6.45, 7) is 2.06. The van der Waals surface area contributed by atoms with E-state index in [2.05, 4.69) is 22.9 Å². The van der Waals surface area contributed by atoms with Crippen molar-refractivity contribution in [2.24, 2.45) is 0 Å². The van der Waals surface area contributed by atoms with Crippen molar-refractivity contribution in [1.29, 1.82) is 0 Å². The fourth-order valence-corrected chi connectivity index (χ4v) is 2.98. The molecule has 0 saturated carbocycles. The van der Waals surface area contributed by atoms with Crippen LogP contribution in [0.3, 0.4) is 0 Å². The Morgan fingerprint density at radius 1 is 1.28 bits per heavy atom. The number of ketones is 1. The maximum Gasteiger partial charge on any atom is 0.170 e. The van der Waals surface area contributed by atoms with Crippen LogP contribution in [-0.4, -0.2) is 24.1 Å². The normalized spacial score (nSPS) is 31.0. The van der Waals surface area contributed by atoms with Gasteiger partial charge >= 0.3 is 0 Å². The van der Waals surface area contributed by atoms with E-state index in [-0.39, 0.29) is 24.1 Å². The van der Waals surface area contributed by atoms with Gasteiger partial charge < -0.3 is 9.47 Å². The molecular formula is C14H15BrO3. The summed E-state index contributed by atoms with van der Waals surface area (Å²) in [5.41, 5.74) is 0.681. The predicted molar refractivity (Wildman–Crippen MR) is 71.1 cm³/mol. The lowest BCUT2D eigenvalue weighted by Crippen LogP contribution is -2.37. The number of carbonyl (C=O) groups is 1. The summed E-state index contributed by atoms with van der Waals surface area (Å²) in [5.74, 6) is 0.825. The highest BCUT2D eigenvalue weighted by molar-refractivity contribution is 9.10. The molecule has 1 saturated heterocycles. The minimum Gasteiger partial charge on any atom is -0.486 e. The second kappa shape index (κ2) is 4.67. The first kappa shape index (κ1) is 12.2. The number of hydrogen-bond donors (Lipinski definition) is 0. The second-order valence-electron chi connectivity index (χ2n) is 4.99. The Morgan fingerprint density at radius 3 is 2.83 bits per heavy atom. The quantitative estimate of drug-likeness (QED) is 0.798. The van der Waals surface area contributed by atoms with Gasteiger partial charge in [0, 0.05) is 4.47 Å². The van der Waals surface area contributed by atoms with Crippen LogP contribution in [0, 0.1) is 0 Å². The summed E-state index contributed by atoms with van der Waals surface area (Å²) in [7, 11) is 0. The molecule has 0 aliphatic carbocycles. The number of benzene rings is 1. The van der Waals surface area contributed by atoms with Crippen LogP contribution in [0.4, 0.5) is 0 Å². The molecule has 2 aliphatic rings. The minimum atomic E-state index is -0.135. The summed E-state index contributed by atoms with van der Waals surface area (Å²) in [6.07, 6.45) is 2.64. The number of rotatable bonds is 1. The lowest BCUT2D eigenvalue weighted by molar-refractivity contribution is -0.0215. The van der Waals surface area contributed by atoms with E-state index in [0.29, 0.717) is 17.7 Å². The SMILES string of the molecule is CC1CCC(C2CC(=O)c3ccc(Br)cc3O2)O1. The largest absolute Gasteiger partial charge is 0.486 e. The van der Waals surface area contributed by atoms with E-state index in [1.807, 2.05) is 18.2 Å². The van der Waals surface area contributed by atoms with Gasteiger partial charge in [0.2, 0.25) is 0 Å². The first-order valence-electron chi connectivity index (χ1n) is 6.28. The van der Waals surface area contributed by atoms with Crippen LogP contribution in [0.5, 0.6) is 5.75 Å². The van der Waals surface area contributed by atoms with Crippen LogP contribution < -0.4 is 4.74 Å². The monoisotopic (exact) mass is 310 g/mol. The zero-order valence-corrected chi connectivity index (χ0v) is 11.8. The number of ether oxygens (including phenoxy) is 2. The third-order valence-corrected chi connectivity index (χ3v) is 4.08. The molecule has 1 aromatic carbocycles. The van der Waals surface area contributed by atoms with E-state index in [1.54, 1.807) is 0 Å². The van der Waals surface area contributed by atoms with Crippen LogP contribution in [0.15, 0.2) is 22.7 Å². The molecule has 3 nitrogen and oxygen atoms in total. The lowest BCUT2D eigenvalue weighted by Gasteiger charge is -2.29. The Hall–Kier alpha value is -0.870. The zero-order valence-electron chi connectivity index (χ0n) is 10.2. The highest BCUT2D eigenvalue weighted by Gasteiger charge is 2.36. The van der Waals surface area contributed by atoms with E-state index in [1.165, 1.54) is 0 Å². The fourth-order valence-electron chi connectivity index (χ4n) is 2.64. The first-order valence-corrected chi connectivity index (χ1v) is 7.07. The van der Waals surface area contributed by atoms with Crippen LogP contribution >= 0.6 is 15.9 Å². The van der Waals surface area contributed by atoms with E-state index < -0.39 is 0 Å². The maximum atomic E-state index is 12.1. The van der Waals surface area contributed by atoms with Gasteiger partial charge in [-0.3, -0.25) is 4.79 Å². The number of hydrogen-bond acceptors (Lipinski definition) is 3. The van der Waals surface area contributed by atoms with Gasteiger partial charge in [-0.15, -0.1) is 0 Å². The van der Waals surface area contributed by atoms with Gasteiger partial charge in [0.05, 0.1) is 24.2 Å². The van der Waals surface area contributed by atoms with Crippen molar-refractivity contribution in [1.82, 2.24) is 0 Å². The number of carbonyl (C=O) groups excluding carboxylic acids is 1. The lowest BCUT2D eigenvalue weighted by atomic mass is 9.96. The fraction of sp³-hybridized carbons (Fsp3) is 0.500. The Balaban J connectivity index is 1.84. The van der Waals surface area contributed by atoms with Gasteiger partial charge in [-0.05, 0) is 38.0 Å². The molecule has 0 spiro atoms. The Kier molecular flexibility index (Phi) is 3.16. The van der Waals surface area contributed by atoms with E-state index >= 15 is 0 Å². The van der Waals surface area contributed by atoms with Gasteiger partial charge in [0.15, 0.2) is 5.78 Å². The topological polar surface area (TPSA) is 35.5 Å². The minimum absolute atomic E-state index is 0.0519. The molecule has 1 aromatic rings. The number of halogens is 1. The van der Waals surface area contributed by atoms with Crippen molar-refractivity contribution < 1.29 is 14.3 Å². The highest BCUT2D eigenvalue weighted by atomic mass is 79.9. The van der Waals surface area contributed by atoms with Crippen molar-refractivity contribution >= 4 is 21.7 Å². The third-order valence-electron chi connectivity index (χ3n) is 3.59. The first-order chi connectivity index (χ1) is 8.63. The molecule has 3 atom stereocenters. The molecule has 0 aromatic heterocycles. The molecule has 2 heterocycles.